The topological polar surface area (TPSA) is 58.6 Å². The molecule has 1 rings (SSSR count). The van der Waals surface area contributed by atoms with E-state index in [9.17, 15) is 9.59 Å². The molecule has 1 heterocycles. The lowest BCUT2D eigenvalue weighted by molar-refractivity contribution is -0.153. The summed E-state index contributed by atoms with van der Waals surface area (Å²) in [4.78, 5) is 24.3. The highest BCUT2D eigenvalue weighted by Gasteiger charge is 2.19. The Hall–Kier alpha value is -1.10. The average molecular weight is 214 g/mol. The van der Waals surface area contributed by atoms with E-state index in [1.807, 2.05) is 6.92 Å². The SMILES string of the molecule is COC(=O)C(=O)NC(C)CN1CCCC1. The first kappa shape index (κ1) is 12.0. The van der Waals surface area contributed by atoms with Gasteiger partial charge in [-0.15, -0.1) is 0 Å². The van der Waals surface area contributed by atoms with E-state index in [-0.39, 0.29) is 6.04 Å². The van der Waals surface area contributed by atoms with Crippen molar-refractivity contribution >= 4 is 11.9 Å². The maximum atomic E-state index is 11.2. The number of ether oxygens (including phenoxy) is 1. The largest absolute Gasteiger partial charge is 0.462 e. The Morgan fingerprint density at radius 3 is 2.53 bits per heavy atom. The van der Waals surface area contributed by atoms with Crippen LogP contribution in [0.5, 0.6) is 0 Å². The van der Waals surface area contributed by atoms with Gasteiger partial charge in [-0.3, -0.25) is 4.79 Å². The molecule has 5 nitrogen and oxygen atoms in total. The number of carbonyl (C=O) groups is 2. The third-order valence-corrected chi connectivity index (χ3v) is 2.48. The van der Waals surface area contributed by atoms with Crippen LogP contribution in [0.3, 0.4) is 0 Å². The standard InChI is InChI=1S/C10H18N2O3/c1-8(7-12-5-3-4-6-12)11-9(13)10(14)15-2/h8H,3-7H2,1-2H3,(H,11,13). The Morgan fingerprint density at radius 1 is 1.40 bits per heavy atom. The molecule has 0 bridgehead atoms. The van der Waals surface area contributed by atoms with E-state index in [0.29, 0.717) is 0 Å². The number of likely N-dealkylation sites (tertiary alicyclic amines) is 1. The molecule has 1 fully saturated rings. The summed E-state index contributed by atoms with van der Waals surface area (Å²) in [6, 6.07) is -0.0188. The van der Waals surface area contributed by atoms with E-state index < -0.39 is 11.9 Å². The van der Waals surface area contributed by atoms with Gasteiger partial charge in [0.25, 0.3) is 0 Å². The van der Waals surface area contributed by atoms with Crippen molar-refractivity contribution in [1.29, 1.82) is 0 Å². The van der Waals surface area contributed by atoms with Gasteiger partial charge < -0.3 is 15.0 Å². The van der Waals surface area contributed by atoms with Gasteiger partial charge in [-0.25, -0.2) is 4.79 Å². The van der Waals surface area contributed by atoms with Gasteiger partial charge in [-0.2, -0.15) is 0 Å². The first-order valence-corrected chi connectivity index (χ1v) is 5.24. The second-order valence-corrected chi connectivity index (χ2v) is 3.87. The summed E-state index contributed by atoms with van der Waals surface area (Å²) < 4.78 is 4.32. The number of rotatable bonds is 3. The van der Waals surface area contributed by atoms with E-state index in [4.69, 9.17) is 0 Å². The van der Waals surface area contributed by atoms with Gasteiger partial charge in [0.2, 0.25) is 0 Å². The fraction of sp³-hybridized carbons (Fsp3) is 0.800. The summed E-state index contributed by atoms with van der Waals surface area (Å²) in [6.45, 7) is 4.85. The van der Waals surface area contributed by atoms with E-state index in [0.717, 1.165) is 19.6 Å². The van der Waals surface area contributed by atoms with Gasteiger partial charge in [-0.05, 0) is 32.9 Å². The summed E-state index contributed by atoms with van der Waals surface area (Å²) in [6.07, 6.45) is 2.44. The molecule has 86 valence electrons. The van der Waals surface area contributed by atoms with Crippen LogP contribution in [0.1, 0.15) is 19.8 Å². The molecule has 5 heteroatoms. The Bertz CT molecular complexity index is 237. The molecule has 0 aromatic rings. The summed E-state index contributed by atoms with van der Waals surface area (Å²) in [5.74, 6) is -1.49. The number of hydrogen-bond donors (Lipinski definition) is 1. The molecule has 1 amide bonds. The van der Waals surface area contributed by atoms with Crippen molar-refractivity contribution in [3.63, 3.8) is 0 Å². The van der Waals surface area contributed by atoms with Crippen molar-refractivity contribution in [2.24, 2.45) is 0 Å². The molecule has 0 spiro atoms. The Labute approximate surface area is 89.8 Å². The summed E-state index contributed by atoms with van der Waals surface area (Å²) in [5.41, 5.74) is 0. The second kappa shape index (κ2) is 5.70. The van der Waals surface area contributed by atoms with E-state index in [1.165, 1.54) is 20.0 Å². The number of methoxy groups -OCH3 is 1. The number of nitrogens with zero attached hydrogens (tertiary/aromatic N) is 1. The molecular weight excluding hydrogens is 196 g/mol. The van der Waals surface area contributed by atoms with Crippen LogP contribution < -0.4 is 5.32 Å². The zero-order valence-corrected chi connectivity index (χ0v) is 9.28. The third kappa shape index (κ3) is 3.87. The molecule has 0 aromatic carbocycles. The van der Waals surface area contributed by atoms with E-state index in [2.05, 4.69) is 15.0 Å². The van der Waals surface area contributed by atoms with Crippen LogP contribution in [-0.2, 0) is 14.3 Å². The summed E-state index contributed by atoms with van der Waals surface area (Å²) >= 11 is 0. The molecule has 1 N–H and O–H groups in total. The zero-order valence-electron chi connectivity index (χ0n) is 9.28. The van der Waals surface area contributed by atoms with Crippen molar-refractivity contribution in [2.75, 3.05) is 26.7 Å². The normalized spacial score (nSPS) is 18.5. The van der Waals surface area contributed by atoms with Crippen LogP contribution in [0.25, 0.3) is 0 Å². The molecule has 0 saturated carbocycles. The lowest BCUT2D eigenvalue weighted by Gasteiger charge is -2.20. The van der Waals surface area contributed by atoms with Crippen molar-refractivity contribution < 1.29 is 14.3 Å². The molecule has 1 aliphatic rings. The minimum absolute atomic E-state index is 0.0188. The van der Waals surface area contributed by atoms with Crippen LogP contribution in [0.15, 0.2) is 0 Å². The molecule has 15 heavy (non-hydrogen) atoms. The molecule has 1 atom stereocenters. The fourth-order valence-corrected chi connectivity index (χ4v) is 1.77. The van der Waals surface area contributed by atoms with Crippen molar-refractivity contribution in [3.8, 4) is 0 Å². The van der Waals surface area contributed by atoms with Crippen molar-refractivity contribution in [1.82, 2.24) is 10.2 Å². The van der Waals surface area contributed by atoms with Gasteiger partial charge in [0, 0.05) is 12.6 Å². The Morgan fingerprint density at radius 2 is 2.00 bits per heavy atom. The fourth-order valence-electron chi connectivity index (χ4n) is 1.77. The van der Waals surface area contributed by atoms with Crippen LogP contribution in [0.4, 0.5) is 0 Å². The maximum Gasteiger partial charge on any atom is 0.396 e. The van der Waals surface area contributed by atoms with Gasteiger partial charge in [0.05, 0.1) is 7.11 Å². The number of esters is 1. The highest BCUT2D eigenvalue weighted by atomic mass is 16.5. The molecule has 0 aromatic heterocycles. The van der Waals surface area contributed by atoms with Crippen LogP contribution in [-0.4, -0.2) is 49.6 Å². The highest BCUT2D eigenvalue weighted by molar-refractivity contribution is 6.32. The summed E-state index contributed by atoms with van der Waals surface area (Å²) in [5, 5.41) is 2.60. The number of amides is 1. The first-order valence-electron chi connectivity index (χ1n) is 5.24. The van der Waals surface area contributed by atoms with Gasteiger partial charge in [-0.1, -0.05) is 0 Å². The molecule has 1 unspecified atom stereocenters. The van der Waals surface area contributed by atoms with Crippen molar-refractivity contribution in [2.45, 2.75) is 25.8 Å². The second-order valence-electron chi connectivity index (χ2n) is 3.87. The Balaban J connectivity index is 2.25. The minimum Gasteiger partial charge on any atom is -0.462 e. The number of hydrogen-bond acceptors (Lipinski definition) is 4. The van der Waals surface area contributed by atoms with Crippen LogP contribution in [0, 0.1) is 0 Å². The zero-order chi connectivity index (χ0) is 11.3. The number of carbonyl (C=O) groups excluding carboxylic acids is 2. The van der Waals surface area contributed by atoms with E-state index >= 15 is 0 Å². The van der Waals surface area contributed by atoms with E-state index in [1.54, 1.807) is 0 Å². The molecule has 0 aliphatic carbocycles. The lowest BCUT2D eigenvalue weighted by atomic mass is 10.3. The monoisotopic (exact) mass is 214 g/mol. The predicted octanol–water partition coefficient (Wildman–Crippen LogP) is -0.240. The molecular formula is C10H18N2O3. The van der Waals surface area contributed by atoms with Gasteiger partial charge in [0.1, 0.15) is 0 Å². The van der Waals surface area contributed by atoms with Gasteiger partial charge in [0.15, 0.2) is 0 Å². The smallest absolute Gasteiger partial charge is 0.396 e. The lowest BCUT2D eigenvalue weighted by Crippen LogP contribution is -2.44. The molecule has 1 aliphatic heterocycles. The van der Waals surface area contributed by atoms with Crippen molar-refractivity contribution in [3.05, 3.63) is 0 Å². The quantitative estimate of drug-likeness (QED) is 0.520. The van der Waals surface area contributed by atoms with Gasteiger partial charge >= 0.3 is 11.9 Å². The predicted molar refractivity (Wildman–Crippen MR) is 55.3 cm³/mol. The number of nitrogens with one attached hydrogen (secondary N) is 1. The Kier molecular flexibility index (Phi) is 4.55. The highest BCUT2D eigenvalue weighted by Crippen LogP contribution is 2.07. The first-order chi connectivity index (χ1) is 7.13. The average Bonchev–Trinajstić information content (AvgIpc) is 2.68. The third-order valence-electron chi connectivity index (χ3n) is 2.48. The molecule has 0 radical (unpaired) electrons. The minimum atomic E-state index is -0.830. The maximum absolute atomic E-state index is 11.2. The summed E-state index contributed by atoms with van der Waals surface area (Å²) in [7, 11) is 1.20. The molecule has 1 saturated heterocycles. The van der Waals surface area contributed by atoms with Crippen LogP contribution in [0.2, 0.25) is 0 Å². The van der Waals surface area contributed by atoms with Crippen LogP contribution >= 0.6 is 0 Å².